The minimum absolute atomic E-state index is 0.622. The van der Waals surface area contributed by atoms with Gasteiger partial charge in [0, 0.05) is 39.1 Å². The predicted octanol–water partition coefficient (Wildman–Crippen LogP) is 9.26. The van der Waals surface area contributed by atoms with E-state index in [9.17, 15) is 0 Å². The van der Waals surface area contributed by atoms with Gasteiger partial charge in [-0.15, -0.1) is 0 Å². The third-order valence-corrected chi connectivity index (χ3v) is 8.43. The zero-order valence-electron chi connectivity index (χ0n) is 25.2. The van der Waals surface area contributed by atoms with Crippen LogP contribution in [0.15, 0.2) is 162 Å². The second kappa shape index (κ2) is 11.1. The van der Waals surface area contributed by atoms with Crippen molar-refractivity contribution in [3.63, 3.8) is 0 Å². The number of aromatic nitrogens is 5. The first-order valence-electron chi connectivity index (χ1n) is 15.5. The van der Waals surface area contributed by atoms with E-state index < -0.39 is 0 Å². The predicted molar refractivity (Wildman–Crippen MR) is 186 cm³/mol. The van der Waals surface area contributed by atoms with E-state index in [-0.39, 0.29) is 0 Å². The maximum absolute atomic E-state index is 6.35. The van der Waals surface area contributed by atoms with Crippen molar-refractivity contribution in [3.05, 3.63) is 158 Å². The smallest absolute Gasteiger partial charge is 0.331 e. The fourth-order valence-corrected chi connectivity index (χ4v) is 6.13. The van der Waals surface area contributed by atoms with Crippen LogP contribution in [0.1, 0.15) is 0 Å². The Bertz CT molecular complexity index is 2500. The molecule has 0 fully saturated rings. The average Bonchev–Trinajstić information content (AvgIpc) is 3.54. The van der Waals surface area contributed by atoms with E-state index in [1.54, 1.807) is 0 Å². The van der Waals surface area contributed by atoms with Crippen LogP contribution in [0.2, 0.25) is 0 Å². The normalized spacial score (nSPS) is 11.4. The first-order chi connectivity index (χ1) is 23.3. The minimum Gasteiger partial charge on any atom is -0.422 e. The molecule has 0 amide bonds. The summed E-state index contributed by atoms with van der Waals surface area (Å²) in [6.45, 7) is 0. The number of furan rings is 1. The van der Waals surface area contributed by atoms with Crippen molar-refractivity contribution in [3.8, 4) is 51.1 Å². The number of fused-ring (bicyclic) bond motifs is 4. The highest BCUT2D eigenvalue weighted by atomic mass is 16.3. The van der Waals surface area contributed by atoms with Gasteiger partial charge in [0.15, 0.2) is 23.0 Å². The van der Waals surface area contributed by atoms with E-state index in [1.165, 1.54) is 0 Å². The van der Waals surface area contributed by atoms with Crippen LogP contribution in [0.5, 0.6) is 0 Å². The van der Waals surface area contributed by atoms with Crippen molar-refractivity contribution >= 4 is 33.0 Å². The van der Waals surface area contributed by atoms with Gasteiger partial charge in [0.25, 0.3) is 0 Å². The van der Waals surface area contributed by atoms with Crippen molar-refractivity contribution in [2.75, 3.05) is 0 Å². The van der Waals surface area contributed by atoms with Crippen LogP contribution in [0.4, 0.5) is 0 Å². The SMILES string of the molecule is c1ccc(-c2nc(-c3ccccc3)nc(-c3ccc(-c4cc(-[n+]5cccc6c7ccccc7oc65)nc5ccccc45)cc3)n2)cc1. The van der Waals surface area contributed by atoms with Gasteiger partial charge in [-0.1, -0.05) is 115 Å². The molecule has 0 aliphatic rings. The van der Waals surface area contributed by atoms with Gasteiger partial charge in [0.05, 0.1) is 11.6 Å². The summed E-state index contributed by atoms with van der Waals surface area (Å²) in [5.41, 5.74) is 7.44. The first kappa shape index (κ1) is 26.8. The van der Waals surface area contributed by atoms with Gasteiger partial charge in [-0.2, -0.15) is 4.57 Å². The molecule has 4 aromatic heterocycles. The van der Waals surface area contributed by atoms with E-state index in [4.69, 9.17) is 24.4 Å². The molecule has 0 spiro atoms. The van der Waals surface area contributed by atoms with Crippen molar-refractivity contribution in [2.24, 2.45) is 0 Å². The lowest BCUT2D eigenvalue weighted by atomic mass is 9.99. The third-order valence-electron chi connectivity index (χ3n) is 8.43. The number of rotatable bonds is 5. The molecule has 4 heterocycles. The maximum atomic E-state index is 6.35. The monoisotopic (exact) mass is 604 g/mol. The molecule has 6 nitrogen and oxygen atoms in total. The van der Waals surface area contributed by atoms with Gasteiger partial charge in [0.2, 0.25) is 0 Å². The third kappa shape index (κ3) is 4.80. The molecular weight excluding hydrogens is 578 g/mol. The van der Waals surface area contributed by atoms with Crippen LogP contribution < -0.4 is 4.57 Å². The Morgan fingerprint density at radius 1 is 0.426 bits per heavy atom. The lowest BCUT2D eigenvalue weighted by molar-refractivity contribution is -0.578. The summed E-state index contributed by atoms with van der Waals surface area (Å²) >= 11 is 0. The Hall–Kier alpha value is -6.53. The molecule has 0 saturated carbocycles. The molecule has 9 aromatic rings. The molecule has 0 saturated heterocycles. The highest BCUT2D eigenvalue weighted by Crippen LogP contribution is 2.32. The first-order valence-corrected chi connectivity index (χ1v) is 15.5. The second-order valence-electron chi connectivity index (χ2n) is 11.4. The average molecular weight is 605 g/mol. The van der Waals surface area contributed by atoms with Crippen LogP contribution in [0, 0.1) is 0 Å². The van der Waals surface area contributed by atoms with Crippen LogP contribution in [-0.2, 0) is 0 Å². The summed E-state index contributed by atoms with van der Waals surface area (Å²) in [5, 5.41) is 3.20. The van der Waals surface area contributed by atoms with Crippen LogP contribution in [-0.4, -0.2) is 19.9 Å². The molecule has 0 unspecified atom stereocenters. The number of hydrogen-bond donors (Lipinski definition) is 0. The summed E-state index contributed by atoms with van der Waals surface area (Å²) in [4.78, 5) is 19.7. The molecule has 0 atom stereocenters. The van der Waals surface area contributed by atoms with E-state index >= 15 is 0 Å². The lowest BCUT2D eigenvalue weighted by Crippen LogP contribution is -2.31. The summed E-state index contributed by atoms with van der Waals surface area (Å²) in [7, 11) is 0. The standard InChI is InChI=1S/C41H26N5O/c1-3-12-28(13-4-1)38-43-39(29-14-5-2-6-15-29)45-40(44-38)30-23-21-27(22-24-30)34-26-37(42-35-19-9-7-16-31(34)35)46-25-11-18-33-32-17-8-10-20-36(32)47-41(33)46/h1-26H/q+1. The zero-order chi connectivity index (χ0) is 31.2. The quantitative estimate of drug-likeness (QED) is 0.183. The number of benzene rings is 5. The fourth-order valence-electron chi connectivity index (χ4n) is 6.13. The molecule has 0 bridgehead atoms. The molecule has 0 aliphatic carbocycles. The number of pyridine rings is 2. The zero-order valence-corrected chi connectivity index (χ0v) is 25.2. The Kier molecular flexibility index (Phi) is 6.35. The van der Waals surface area contributed by atoms with Gasteiger partial charge >= 0.3 is 11.5 Å². The van der Waals surface area contributed by atoms with Gasteiger partial charge in [0.1, 0.15) is 5.58 Å². The Morgan fingerprint density at radius 3 is 1.64 bits per heavy atom. The molecule has 5 aromatic carbocycles. The maximum Gasteiger partial charge on any atom is 0.331 e. The number of nitrogens with zero attached hydrogens (tertiary/aromatic N) is 5. The van der Waals surface area contributed by atoms with Gasteiger partial charge < -0.3 is 4.42 Å². The molecule has 6 heteroatoms. The summed E-state index contributed by atoms with van der Waals surface area (Å²) in [5.74, 6) is 2.68. The Morgan fingerprint density at radius 2 is 0.957 bits per heavy atom. The van der Waals surface area contributed by atoms with E-state index in [0.29, 0.717) is 17.5 Å². The molecule has 0 aliphatic heterocycles. The Labute approximate surface area is 270 Å². The summed E-state index contributed by atoms with van der Waals surface area (Å²) in [6.07, 6.45) is 2.00. The van der Waals surface area contributed by atoms with Crippen LogP contribution in [0.3, 0.4) is 0 Å². The van der Waals surface area contributed by atoms with Crippen LogP contribution >= 0.6 is 0 Å². The highest BCUT2D eigenvalue weighted by molar-refractivity contribution is 6.02. The highest BCUT2D eigenvalue weighted by Gasteiger charge is 2.21. The lowest BCUT2D eigenvalue weighted by Gasteiger charge is -2.10. The molecule has 220 valence electrons. The van der Waals surface area contributed by atoms with Gasteiger partial charge in [-0.25, -0.2) is 15.0 Å². The van der Waals surface area contributed by atoms with Gasteiger partial charge in [-0.3, -0.25) is 0 Å². The van der Waals surface area contributed by atoms with E-state index in [1.807, 2.05) is 102 Å². The summed E-state index contributed by atoms with van der Waals surface area (Å²) in [6, 6.07) is 51.1. The van der Waals surface area contributed by atoms with Crippen molar-refractivity contribution in [1.82, 2.24) is 19.9 Å². The van der Waals surface area contributed by atoms with E-state index in [2.05, 4.69) is 60.7 Å². The minimum atomic E-state index is 0.622. The van der Waals surface area contributed by atoms with E-state index in [0.717, 1.165) is 66.6 Å². The number of para-hydroxylation sites is 2. The number of hydrogen-bond acceptors (Lipinski definition) is 5. The topological polar surface area (TPSA) is 68.6 Å². The van der Waals surface area contributed by atoms with Crippen molar-refractivity contribution in [2.45, 2.75) is 0 Å². The fraction of sp³-hybridized carbons (Fsp3) is 0. The molecule has 0 radical (unpaired) electrons. The largest absolute Gasteiger partial charge is 0.422 e. The second-order valence-corrected chi connectivity index (χ2v) is 11.4. The van der Waals surface area contributed by atoms with Gasteiger partial charge in [-0.05, 0) is 40.9 Å². The molecule has 47 heavy (non-hydrogen) atoms. The summed E-state index contributed by atoms with van der Waals surface area (Å²) < 4.78 is 8.38. The van der Waals surface area contributed by atoms with Crippen LogP contribution in [0.25, 0.3) is 84.1 Å². The molecule has 0 N–H and O–H groups in total. The van der Waals surface area contributed by atoms with Crippen molar-refractivity contribution in [1.29, 1.82) is 0 Å². The molecule has 9 rings (SSSR count). The Balaban J connectivity index is 1.17. The molecular formula is C41H26N5O+. The van der Waals surface area contributed by atoms with Crippen molar-refractivity contribution < 1.29 is 8.98 Å².